The van der Waals surface area contributed by atoms with Crippen molar-refractivity contribution >= 4 is 8.19 Å². The number of hydrogen-bond acceptors (Lipinski definition) is 1. The van der Waals surface area contributed by atoms with Crippen LogP contribution in [0.5, 0.6) is 5.75 Å². The van der Waals surface area contributed by atoms with Crippen molar-refractivity contribution in [2.24, 2.45) is 0 Å². The van der Waals surface area contributed by atoms with Gasteiger partial charge in [0.1, 0.15) is 5.75 Å². The molecule has 2 rings (SSSR count). The average Bonchev–Trinajstić information content (AvgIpc) is 2.69. The van der Waals surface area contributed by atoms with Gasteiger partial charge in [0.05, 0.1) is 7.11 Å². The van der Waals surface area contributed by atoms with Gasteiger partial charge in [0, 0.05) is 5.92 Å². The van der Waals surface area contributed by atoms with E-state index in [1.807, 2.05) is 12.1 Å². The summed E-state index contributed by atoms with van der Waals surface area (Å²) in [5.41, 5.74) is 4.29. The van der Waals surface area contributed by atoms with Gasteiger partial charge in [-0.1, -0.05) is 19.1 Å². The first kappa shape index (κ1) is 12.3. The Labute approximate surface area is 105 Å². The maximum absolute atomic E-state index is 5.19. The quantitative estimate of drug-likeness (QED) is 0.775. The van der Waals surface area contributed by atoms with Crippen molar-refractivity contribution in [1.29, 1.82) is 0 Å². The molecule has 90 valence electrons. The molecule has 0 saturated carbocycles. The van der Waals surface area contributed by atoms with E-state index in [9.17, 15) is 0 Å². The lowest BCUT2D eigenvalue weighted by Crippen LogP contribution is -1.95. The summed E-state index contributed by atoms with van der Waals surface area (Å²) in [5, 5.41) is 1.58. The predicted octanol–water partition coefficient (Wildman–Crippen LogP) is 4.50. The van der Waals surface area contributed by atoms with Crippen molar-refractivity contribution in [3.63, 3.8) is 0 Å². The molecule has 2 heteroatoms. The van der Waals surface area contributed by atoms with E-state index in [1.54, 1.807) is 12.4 Å². The zero-order chi connectivity index (χ0) is 12.4. The third-order valence-corrected chi connectivity index (χ3v) is 5.18. The topological polar surface area (TPSA) is 9.23 Å². The maximum Gasteiger partial charge on any atom is 0.118 e. The second-order valence-electron chi connectivity index (χ2n) is 4.51. The Bertz CT molecular complexity index is 496. The van der Waals surface area contributed by atoms with Crippen molar-refractivity contribution < 1.29 is 4.74 Å². The summed E-state index contributed by atoms with van der Waals surface area (Å²) in [6.45, 7) is 6.73. The summed E-state index contributed by atoms with van der Waals surface area (Å²) in [4.78, 5) is 0. The summed E-state index contributed by atoms with van der Waals surface area (Å²) < 4.78 is 5.19. The molecule has 0 amide bonds. The zero-order valence-electron chi connectivity index (χ0n) is 10.9. The summed E-state index contributed by atoms with van der Waals surface area (Å²) in [6.07, 6.45) is 0. The van der Waals surface area contributed by atoms with E-state index < -0.39 is 0 Å². The fourth-order valence-corrected chi connectivity index (χ4v) is 3.54. The fraction of sp³-hybridized carbons (Fsp3) is 0.333. The molecule has 0 spiro atoms. The van der Waals surface area contributed by atoms with Crippen LogP contribution in [0.4, 0.5) is 0 Å². The second-order valence-corrected chi connectivity index (χ2v) is 5.62. The standard InChI is InChI=1S/C15H19OP/c1-10-9-17-15(11(10)2)12(3)13-5-7-14(16-4)8-6-13/h5-9,12,17H,1-4H3/t12-/m0/s1. The van der Waals surface area contributed by atoms with E-state index in [4.69, 9.17) is 4.74 Å². The Balaban J connectivity index is 2.30. The molecule has 2 aromatic rings. The molecule has 0 radical (unpaired) electrons. The molecule has 0 N–H and O–H groups in total. The van der Waals surface area contributed by atoms with E-state index in [-0.39, 0.29) is 0 Å². The molecule has 1 aromatic carbocycles. The molecular weight excluding hydrogens is 227 g/mol. The third-order valence-electron chi connectivity index (χ3n) is 3.49. The van der Waals surface area contributed by atoms with Crippen molar-refractivity contribution in [2.75, 3.05) is 7.11 Å². The van der Waals surface area contributed by atoms with Gasteiger partial charge in [0.25, 0.3) is 0 Å². The molecule has 0 saturated heterocycles. The Morgan fingerprint density at radius 1 is 1.12 bits per heavy atom. The van der Waals surface area contributed by atoms with Crippen LogP contribution in [0.1, 0.15) is 34.8 Å². The summed E-state index contributed by atoms with van der Waals surface area (Å²) >= 11 is 0. The van der Waals surface area contributed by atoms with E-state index in [2.05, 4.69) is 38.7 Å². The van der Waals surface area contributed by atoms with Crippen LogP contribution < -0.4 is 4.74 Å². The van der Waals surface area contributed by atoms with Gasteiger partial charge in [-0.2, -0.15) is 0 Å². The van der Waals surface area contributed by atoms with Crippen LogP contribution in [0.3, 0.4) is 0 Å². The second kappa shape index (κ2) is 4.98. The van der Waals surface area contributed by atoms with Crippen molar-refractivity contribution in [3.05, 3.63) is 52.0 Å². The molecule has 0 aliphatic carbocycles. The van der Waals surface area contributed by atoms with Gasteiger partial charge < -0.3 is 4.74 Å². The first-order valence-electron chi connectivity index (χ1n) is 5.92. The average molecular weight is 246 g/mol. The minimum atomic E-state index is 0.507. The van der Waals surface area contributed by atoms with Crippen molar-refractivity contribution in [2.45, 2.75) is 26.7 Å². The molecule has 1 nitrogen and oxygen atoms in total. The Morgan fingerprint density at radius 3 is 2.24 bits per heavy atom. The Hall–Kier alpha value is -1.20. The number of benzene rings is 1. The van der Waals surface area contributed by atoms with Crippen molar-refractivity contribution in [3.8, 4) is 5.75 Å². The van der Waals surface area contributed by atoms with Crippen LogP contribution in [0, 0.1) is 13.8 Å². The highest BCUT2D eigenvalue weighted by Crippen LogP contribution is 2.36. The highest BCUT2D eigenvalue weighted by molar-refractivity contribution is 7.30. The van der Waals surface area contributed by atoms with Crippen molar-refractivity contribution in [1.82, 2.24) is 0 Å². The van der Waals surface area contributed by atoms with Crippen LogP contribution >= 0.6 is 8.19 Å². The van der Waals surface area contributed by atoms with Gasteiger partial charge in [-0.3, -0.25) is 0 Å². The van der Waals surface area contributed by atoms with Gasteiger partial charge in [-0.05, 0) is 53.8 Å². The molecule has 0 fully saturated rings. The molecule has 0 aliphatic rings. The van der Waals surface area contributed by atoms with Gasteiger partial charge in [-0.15, -0.1) is 8.19 Å². The van der Waals surface area contributed by atoms with Gasteiger partial charge in [0.15, 0.2) is 0 Å². The summed E-state index contributed by atoms with van der Waals surface area (Å²) in [5.74, 6) is 3.78. The SMILES string of the molecule is COc1ccc([C@H](C)c2[pH]cc(C)c2C)cc1. The van der Waals surface area contributed by atoms with E-state index in [0.29, 0.717) is 5.92 Å². The monoisotopic (exact) mass is 246 g/mol. The summed E-state index contributed by atoms with van der Waals surface area (Å²) in [6, 6.07) is 8.42. The molecule has 17 heavy (non-hydrogen) atoms. The van der Waals surface area contributed by atoms with E-state index in [0.717, 1.165) is 13.9 Å². The van der Waals surface area contributed by atoms with Crippen LogP contribution in [-0.4, -0.2) is 7.11 Å². The normalized spacial score (nSPS) is 12.9. The lowest BCUT2D eigenvalue weighted by molar-refractivity contribution is 0.414. The number of aryl methyl sites for hydroxylation is 1. The van der Waals surface area contributed by atoms with Crippen LogP contribution in [0.15, 0.2) is 30.1 Å². The first-order valence-corrected chi connectivity index (χ1v) is 6.99. The minimum Gasteiger partial charge on any atom is -0.497 e. The van der Waals surface area contributed by atoms with E-state index >= 15 is 0 Å². The third kappa shape index (κ3) is 2.40. The molecule has 1 aromatic heterocycles. The Kier molecular flexibility index (Phi) is 3.59. The summed E-state index contributed by atoms with van der Waals surface area (Å²) in [7, 11) is 2.56. The van der Waals surface area contributed by atoms with E-state index in [1.165, 1.54) is 16.7 Å². The number of ether oxygens (including phenoxy) is 1. The molecule has 1 unspecified atom stereocenters. The van der Waals surface area contributed by atoms with Crippen LogP contribution in [-0.2, 0) is 0 Å². The molecule has 2 atom stereocenters. The van der Waals surface area contributed by atoms with Crippen LogP contribution in [0.2, 0.25) is 0 Å². The maximum atomic E-state index is 5.19. The van der Waals surface area contributed by atoms with Crippen LogP contribution in [0.25, 0.3) is 0 Å². The molecular formula is C15H19OP. The van der Waals surface area contributed by atoms with Gasteiger partial charge >= 0.3 is 0 Å². The molecule has 0 aliphatic heterocycles. The molecule has 0 bridgehead atoms. The first-order chi connectivity index (χ1) is 8.13. The number of rotatable bonds is 3. The Morgan fingerprint density at radius 2 is 1.76 bits per heavy atom. The van der Waals surface area contributed by atoms with Gasteiger partial charge in [-0.25, -0.2) is 0 Å². The lowest BCUT2D eigenvalue weighted by Gasteiger charge is -2.13. The highest BCUT2D eigenvalue weighted by atomic mass is 31.0. The fourth-order valence-electron chi connectivity index (χ4n) is 2.12. The largest absolute Gasteiger partial charge is 0.497 e. The number of methoxy groups -OCH3 is 1. The highest BCUT2D eigenvalue weighted by Gasteiger charge is 2.13. The smallest absolute Gasteiger partial charge is 0.118 e. The lowest BCUT2D eigenvalue weighted by atomic mass is 9.96. The zero-order valence-corrected chi connectivity index (χ0v) is 11.9. The molecule has 1 heterocycles. The predicted molar refractivity (Wildman–Crippen MR) is 75.9 cm³/mol. The van der Waals surface area contributed by atoms with Gasteiger partial charge in [0.2, 0.25) is 0 Å². The number of hydrogen-bond donors (Lipinski definition) is 0. The minimum absolute atomic E-state index is 0.507.